The summed E-state index contributed by atoms with van der Waals surface area (Å²) in [5.74, 6) is -0.897. The number of carbonyl (C=O) groups is 2. The fraction of sp³-hybridized carbons (Fsp3) is 0.250. The molecule has 2 atom stereocenters. The van der Waals surface area contributed by atoms with Gasteiger partial charge in [-0.1, -0.05) is 47.5 Å². The van der Waals surface area contributed by atoms with Crippen molar-refractivity contribution in [2.45, 2.75) is 31.6 Å². The molecule has 154 valence electrons. The number of ether oxygens (including phenoxy) is 1. The van der Waals surface area contributed by atoms with E-state index in [0.717, 1.165) is 16.8 Å². The Bertz CT molecular complexity index is 1090. The fourth-order valence-corrected chi connectivity index (χ4v) is 4.73. The molecule has 1 heterocycles. The molecule has 2 unspecified atom stereocenters. The Balaban J connectivity index is 1.80. The molecule has 0 bridgehead atoms. The van der Waals surface area contributed by atoms with Crippen molar-refractivity contribution >= 4 is 35.0 Å². The molecule has 1 aliphatic heterocycles. The second kappa shape index (κ2) is 8.29. The lowest BCUT2D eigenvalue weighted by Gasteiger charge is -2.36. The number of rotatable bonds is 3. The number of hydrogen-bond donors (Lipinski definition) is 1. The van der Waals surface area contributed by atoms with Crippen molar-refractivity contribution in [2.75, 3.05) is 7.11 Å². The Hall–Kier alpha value is -2.56. The second-order valence-corrected chi connectivity index (χ2v) is 8.49. The summed E-state index contributed by atoms with van der Waals surface area (Å²) in [7, 11) is 1.35. The van der Waals surface area contributed by atoms with E-state index in [9.17, 15) is 9.59 Å². The maximum Gasteiger partial charge on any atom is 0.336 e. The Morgan fingerprint density at radius 3 is 2.43 bits per heavy atom. The van der Waals surface area contributed by atoms with E-state index in [1.54, 1.807) is 12.1 Å². The van der Waals surface area contributed by atoms with Gasteiger partial charge in [-0.3, -0.25) is 4.79 Å². The molecule has 30 heavy (non-hydrogen) atoms. The van der Waals surface area contributed by atoms with E-state index < -0.39 is 11.9 Å². The summed E-state index contributed by atoms with van der Waals surface area (Å²) in [6.07, 6.45) is 1.04. The smallest absolute Gasteiger partial charge is 0.336 e. The molecule has 1 aliphatic carbocycles. The molecule has 0 radical (unpaired) electrons. The summed E-state index contributed by atoms with van der Waals surface area (Å²) in [4.78, 5) is 26.0. The first-order chi connectivity index (χ1) is 14.4. The van der Waals surface area contributed by atoms with Crippen LogP contribution in [0, 0.1) is 0 Å². The van der Waals surface area contributed by atoms with E-state index in [1.807, 2.05) is 43.3 Å². The standard InChI is InChI=1S/C24H21Cl2NO3/c1-13-21(24(29)30-2)22(15-4-3-5-18(26)10-15)23-19(27-13)11-16(12-20(23)28)14-6-8-17(25)9-7-14/h3-10,16,22,27H,11-12H2,1-2H3. The number of carbonyl (C=O) groups excluding carboxylic acids is 2. The van der Waals surface area contributed by atoms with Crippen molar-refractivity contribution in [3.8, 4) is 0 Å². The molecule has 0 amide bonds. The number of halogens is 2. The molecule has 0 spiro atoms. The van der Waals surface area contributed by atoms with E-state index >= 15 is 0 Å². The number of hydrogen-bond acceptors (Lipinski definition) is 4. The van der Waals surface area contributed by atoms with E-state index in [-0.39, 0.29) is 11.7 Å². The molecule has 0 saturated heterocycles. The van der Waals surface area contributed by atoms with Crippen LogP contribution in [0.2, 0.25) is 10.0 Å². The monoisotopic (exact) mass is 441 g/mol. The highest BCUT2D eigenvalue weighted by atomic mass is 35.5. The zero-order valence-corrected chi connectivity index (χ0v) is 18.2. The largest absolute Gasteiger partial charge is 0.466 e. The van der Waals surface area contributed by atoms with Crippen LogP contribution in [0.15, 0.2) is 71.1 Å². The summed E-state index contributed by atoms with van der Waals surface area (Å²) >= 11 is 12.2. The van der Waals surface area contributed by atoms with Crippen molar-refractivity contribution < 1.29 is 14.3 Å². The number of benzene rings is 2. The van der Waals surface area contributed by atoms with Gasteiger partial charge in [0, 0.05) is 39.4 Å². The lowest BCUT2D eigenvalue weighted by atomic mass is 9.72. The van der Waals surface area contributed by atoms with Gasteiger partial charge >= 0.3 is 5.97 Å². The van der Waals surface area contributed by atoms with Gasteiger partial charge in [0.2, 0.25) is 0 Å². The van der Waals surface area contributed by atoms with Gasteiger partial charge in [-0.05, 0) is 54.7 Å². The lowest BCUT2D eigenvalue weighted by molar-refractivity contribution is -0.136. The van der Waals surface area contributed by atoms with Gasteiger partial charge in [-0.15, -0.1) is 0 Å². The number of ketones is 1. The van der Waals surface area contributed by atoms with Crippen LogP contribution in [0.4, 0.5) is 0 Å². The van der Waals surface area contributed by atoms with Gasteiger partial charge in [0.05, 0.1) is 12.7 Å². The molecule has 1 N–H and O–H groups in total. The molecule has 0 fully saturated rings. The lowest BCUT2D eigenvalue weighted by Crippen LogP contribution is -2.36. The van der Waals surface area contributed by atoms with Crippen LogP contribution in [0.5, 0.6) is 0 Å². The van der Waals surface area contributed by atoms with Gasteiger partial charge < -0.3 is 10.1 Å². The predicted molar refractivity (Wildman–Crippen MR) is 118 cm³/mol. The average molecular weight is 442 g/mol. The Morgan fingerprint density at radius 1 is 1.03 bits per heavy atom. The van der Waals surface area contributed by atoms with Crippen LogP contribution in [0.25, 0.3) is 0 Å². The zero-order chi connectivity index (χ0) is 21.4. The number of methoxy groups -OCH3 is 1. The maximum atomic E-state index is 13.4. The normalized spacial score (nSPS) is 21.3. The van der Waals surface area contributed by atoms with E-state index in [4.69, 9.17) is 27.9 Å². The Kier molecular flexibility index (Phi) is 5.72. The van der Waals surface area contributed by atoms with Crippen LogP contribution in [-0.4, -0.2) is 18.9 Å². The number of allylic oxidation sites excluding steroid dienone is 3. The number of Topliss-reactive ketones (excluding diaryl/α,β-unsaturated/α-hetero) is 1. The van der Waals surface area contributed by atoms with Gasteiger partial charge in [-0.2, -0.15) is 0 Å². The van der Waals surface area contributed by atoms with Gasteiger partial charge in [0.15, 0.2) is 5.78 Å². The minimum atomic E-state index is -0.508. The highest BCUT2D eigenvalue weighted by Gasteiger charge is 2.41. The molecular formula is C24H21Cl2NO3. The van der Waals surface area contributed by atoms with Crippen LogP contribution in [-0.2, 0) is 14.3 Å². The molecule has 0 aromatic heterocycles. The maximum absolute atomic E-state index is 13.4. The van der Waals surface area contributed by atoms with Crippen LogP contribution < -0.4 is 5.32 Å². The highest BCUT2D eigenvalue weighted by molar-refractivity contribution is 6.30. The quantitative estimate of drug-likeness (QED) is 0.636. The molecule has 2 aromatic carbocycles. The molecule has 2 aromatic rings. The first kappa shape index (κ1) is 20.7. The Morgan fingerprint density at radius 2 is 1.77 bits per heavy atom. The van der Waals surface area contributed by atoms with Gasteiger partial charge in [0.1, 0.15) is 0 Å². The van der Waals surface area contributed by atoms with Crippen molar-refractivity contribution in [2.24, 2.45) is 0 Å². The second-order valence-electron chi connectivity index (χ2n) is 7.62. The Labute approximate surface area is 185 Å². The van der Waals surface area contributed by atoms with Crippen LogP contribution in [0.3, 0.4) is 0 Å². The average Bonchev–Trinajstić information content (AvgIpc) is 2.72. The third-order valence-electron chi connectivity index (χ3n) is 5.76. The topological polar surface area (TPSA) is 55.4 Å². The molecule has 4 rings (SSSR count). The minimum absolute atomic E-state index is 0.0163. The minimum Gasteiger partial charge on any atom is -0.466 e. The third kappa shape index (κ3) is 3.78. The third-order valence-corrected chi connectivity index (χ3v) is 6.24. The van der Waals surface area contributed by atoms with Crippen molar-refractivity contribution in [1.29, 1.82) is 0 Å². The van der Waals surface area contributed by atoms with Crippen LogP contribution >= 0.6 is 23.2 Å². The summed E-state index contributed by atoms with van der Waals surface area (Å²) in [6.45, 7) is 1.84. The number of dihydropyridines is 1. The van der Waals surface area contributed by atoms with Gasteiger partial charge in [-0.25, -0.2) is 4.79 Å². The highest BCUT2D eigenvalue weighted by Crippen LogP contribution is 2.46. The molecule has 6 heteroatoms. The van der Waals surface area contributed by atoms with Crippen molar-refractivity contribution in [3.63, 3.8) is 0 Å². The summed E-state index contributed by atoms with van der Waals surface area (Å²) in [5, 5.41) is 4.54. The molecule has 0 saturated carbocycles. The van der Waals surface area contributed by atoms with E-state index in [0.29, 0.717) is 39.7 Å². The molecule has 4 nitrogen and oxygen atoms in total. The summed E-state index contributed by atoms with van der Waals surface area (Å²) in [5.41, 5.74) is 4.47. The zero-order valence-electron chi connectivity index (χ0n) is 16.7. The van der Waals surface area contributed by atoms with Crippen molar-refractivity contribution in [1.82, 2.24) is 5.32 Å². The van der Waals surface area contributed by atoms with E-state index in [1.165, 1.54) is 7.11 Å². The summed E-state index contributed by atoms with van der Waals surface area (Å²) < 4.78 is 5.04. The van der Waals surface area contributed by atoms with E-state index in [2.05, 4.69) is 5.32 Å². The summed E-state index contributed by atoms with van der Waals surface area (Å²) in [6, 6.07) is 14.9. The number of nitrogens with one attached hydrogen (secondary N) is 1. The fourth-order valence-electron chi connectivity index (χ4n) is 4.41. The SMILES string of the molecule is COC(=O)C1=C(C)NC2=C(C(=O)CC(c3ccc(Cl)cc3)C2)C1c1cccc(Cl)c1. The molecule has 2 aliphatic rings. The first-order valence-electron chi connectivity index (χ1n) is 9.72. The first-order valence-corrected chi connectivity index (χ1v) is 10.5. The number of esters is 1. The van der Waals surface area contributed by atoms with Gasteiger partial charge in [0.25, 0.3) is 0 Å². The van der Waals surface area contributed by atoms with Crippen molar-refractivity contribution in [3.05, 3.63) is 92.2 Å². The predicted octanol–water partition coefficient (Wildman–Crippen LogP) is 5.53. The molecular weight excluding hydrogens is 421 g/mol. The van der Waals surface area contributed by atoms with Crippen LogP contribution in [0.1, 0.15) is 42.7 Å².